The molecule has 1 heterocycles. The average Bonchev–Trinajstić information content (AvgIpc) is 2.27. The van der Waals surface area contributed by atoms with Crippen molar-refractivity contribution < 1.29 is 9.90 Å². The van der Waals surface area contributed by atoms with Gasteiger partial charge in [0.1, 0.15) is 0 Å². The molecular formula is C14H14BrNO2. The van der Waals surface area contributed by atoms with E-state index in [0.717, 1.165) is 16.5 Å². The Balaban J connectivity index is 2.70. The highest BCUT2D eigenvalue weighted by molar-refractivity contribution is 9.10. The highest BCUT2D eigenvalue weighted by Crippen LogP contribution is 2.25. The minimum Gasteiger partial charge on any atom is -0.478 e. The van der Waals surface area contributed by atoms with Gasteiger partial charge in [-0.25, -0.2) is 4.79 Å². The summed E-state index contributed by atoms with van der Waals surface area (Å²) in [7, 11) is 0. The van der Waals surface area contributed by atoms with Gasteiger partial charge in [-0.1, -0.05) is 35.8 Å². The summed E-state index contributed by atoms with van der Waals surface area (Å²) in [5.74, 6) is -0.488. The van der Waals surface area contributed by atoms with E-state index in [4.69, 9.17) is 0 Å². The van der Waals surface area contributed by atoms with Crippen LogP contribution < -0.4 is 0 Å². The molecule has 1 N–H and O–H groups in total. The summed E-state index contributed by atoms with van der Waals surface area (Å²) in [6, 6.07) is 5.48. The van der Waals surface area contributed by atoms with Gasteiger partial charge in [-0.05, 0) is 30.0 Å². The summed E-state index contributed by atoms with van der Waals surface area (Å²) in [4.78, 5) is 15.8. The number of aromatic carboxylic acids is 1. The molecule has 0 aliphatic carbocycles. The van der Waals surface area contributed by atoms with E-state index in [0.29, 0.717) is 22.4 Å². The zero-order valence-electron chi connectivity index (χ0n) is 10.3. The van der Waals surface area contributed by atoms with Crippen molar-refractivity contribution in [3.8, 4) is 0 Å². The summed E-state index contributed by atoms with van der Waals surface area (Å²) < 4.78 is 0.899. The minimum absolute atomic E-state index is 0.376. The third-order valence-corrected chi connectivity index (χ3v) is 3.24. The molecule has 0 spiro atoms. The molecule has 0 aliphatic rings. The molecule has 18 heavy (non-hydrogen) atoms. The first kappa shape index (κ1) is 13.0. The number of carboxylic acids is 1. The lowest BCUT2D eigenvalue weighted by Gasteiger charge is -2.11. The molecule has 0 amide bonds. The molecule has 1 aromatic carbocycles. The Kier molecular flexibility index (Phi) is 3.66. The van der Waals surface area contributed by atoms with Gasteiger partial charge in [-0.15, -0.1) is 0 Å². The maximum atomic E-state index is 11.5. The first-order chi connectivity index (χ1) is 8.49. The van der Waals surface area contributed by atoms with Crippen molar-refractivity contribution in [1.82, 2.24) is 4.98 Å². The van der Waals surface area contributed by atoms with Crippen LogP contribution in [0, 0.1) is 5.92 Å². The second kappa shape index (κ2) is 5.06. The second-order valence-electron chi connectivity index (χ2n) is 4.72. The van der Waals surface area contributed by atoms with Gasteiger partial charge in [-0.3, -0.25) is 4.98 Å². The minimum atomic E-state index is -0.889. The van der Waals surface area contributed by atoms with Gasteiger partial charge in [0, 0.05) is 16.1 Å². The molecule has 0 saturated heterocycles. The fraction of sp³-hybridized carbons (Fsp3) is 0.286. The summed E-state index contributed by atoms with van der Waals surface area (Å²) in [6.45, 7) is 4.13. The predicted molar refractivity (Wildman–Crippen MR) is 74.9 cm³/mol. The molecule has 4 heteroatoms. The zero-order valence-corrected chi connectivity index (χ0v) is 11.9. The van der Waals surface area contributed by atoms with Crippen molar-refractivity contribution in [1.29, 1.82) is 0 Å². The summed E-state index contributed by atoms with van der Waals surface area (Å²) in [5.41, 5.74) is 1.88. The lowest BCUT2D eigenvalue weighted by Crippen LogP contribution is -2.07. The van der Waals surface area contributed by atoms with Gasteiger partial charge in [-0.2, -0.15) is 0 Å². The number of nitrogens with zero attached hydrogens (tertiary/aromatic N) is 1. The smallest absolute Gasteiger partial charge is 0.336 e. The molecule has 0 radical (unpaired) electrons. The summed E-state index contributed by atoms with van der Waals surface area (Å²) in [6.07, 6.45) is 2.40. The fourth-order valence-electron chi connectivity index (χ4n) is 2.06. The molecule has 0 bridgehead atoms. The van der Waals surface area contributed by atoms with Crippen LogP contribution in [0.4, 0.5) is 0 Å². The molecule has 0 fully saturated rings. The number of carbonyl (C=O) groups is 1. The van der Waals surface area contributed by atoms with E-state index in [1.165, 1.54) is 0 Å². The number of fused-ring (bicyclic) bond motifs is 1. The SMILES string of the molecule is CC(C)Cc1cnc2cc(Br)ccc2c1C(=O)O. The van der Waals surface area contributed by atoms with Crippen LogP contribution in [0.1, 0.15) is 29.8 Å². The Morgan fingerprint density at radius 3 is 2.78 bits per heavy atom. The van der Waals surface area contributed by atoms with Gasteiger partial charge < -0.3 is 5.11 Å². The number of halogens is 1. The van der Waals surface area contributed by atoms with Crippen LogP contribution in [-0.2, 0) is 6.42 Å². The molecule has 0 aliphatic heterocycles. The molecule has 1 aromatic heterocycles. The number of hydrogen-bond donors (Lipinski definition) is 1. The van der Waals surface area contributed by atoms with Crippen LogP contribution in [0.15, 0.2) is 28.9 Å². The third kappa shape index (κ3) is 2.53. The highest BCUT2D eigenvalue weighted by Gasteiger charge is 2.16. The van der Waals surface area contributed by atoms with Crippen molar-refractivity contribution in [2.45, 2.75) is 20.3 Å². The normalized spacial score (nSPS) is 11.1. The van der Waals surface area contributed by atoms with Gasteiger partial charge >= 0.3 is 5.97 Å². The zero-order chi connectivity index (χ0) is 13.3. The topological polar surface area (TPSA) is 50.2 Å². The van der Waals surface area contributed by atoms with Crippen molar-refractivity contribution in [3.63, 3.8) is 0 Å². The molecule has 0 saturated carbocycles. The quantitative estimate of drug-likeness (QED) is 0.935. The Morgan fingerprint density at radius 1 is 1.44 bits per heavy atom. The third-order valence-electron chi connectivity index (χ3n) is 2.75. The molecule has 94 valence electrons. The van der Waals surface area contributed by atoms with Crippen molar-refractivity contribution in [2.24, 2.45) is 5.92 Å². The van der Waals surface area contributed by atoms with E-state index in [9.17, 15) is 9.90 Å². The maximum Gasteiger partial charge on any atom is 0.336 e. The van der Waals surface area contributed by atoms with Gasteiger partial charge in [0.15, 0.2) is 0 Å². The van der Waals surface area contributed by atoms with Crippen molar-refractivity contribution in [2.75, 3.05) is 0 Å². The van der Waals surface area contributed by atoms with Crippen LogP contribution in [0.3, 0.4) is 0 Å². The molecule has 3 nitrogen and oxygen atoms in total. The lowest BCUT2D eigenvalue weighted by molar-refractivity contribution is 0.0697. The van der Waals surface area contributed by atoms with Gasteiger partial charge in [0.25, 0.3) is 0 Å². The van der Waals surface area contributed by atoms with Crippen LogP contribution in [0.25, 0.3) is 10.9 Å². The fourth-order valence-corrected chi connectivity index (χ4v) is 2.40. The van der Waals surface area contributed by atoms with Crippen LogP contribution in [0.2, 0.25) is 0 Å². The summed E-state index contributed by atoms with van der Waals surface area (Å²) >= 11 is 3.37. The number of carboxylic acid groups (broad SMARTS) is 1. The van der Waals surface area contributed by atoms with E-state index in [1.54, 1.807) is 12.3 Å². The van der Waals surface area contributed by atoms with E-state index in [2.05, 4.69) is 34.8 Å². The van der Waals surface area contributed by atoms with Gasteiger partial charge in [0.2, 0.25) is 0 Å². The monoisotopic (exact) mass is 307 g/mol. The van der Waals surface area contributed by atoms with E-state index in [1.807, 2.05) is 12.1 Å². The lowest BCUT2D eigenvalue weighted by atomic mass is 9.97. The summed E-state index contributed by atoms with van der Waals surface area (Å²) in [5, 5.41) is 10.1. The van der Waals surface area contributed by atoms with E-state index >= 15 is 0 Å². The largest absolute Gasteiger partial charge is 0.478 e. The van der Waals surface area contributed by atoms with Crippen LogP contribution >= 0.6 is 15.9 Å². The standard InChI is InChI=1S/C14H14BrNO2/c1-8(2)5-9-7-16-12-6-10(15)3-4-11(12)13(9)14(17)18/h3-4,6-8H,5H2,1-2H3,(H,17,18). The van der Waals surface area contributed by atoms with Crippen LogP contribution in [-0.4, -0.2) is 16.1 Å². The number of hydrogen-bond acceptors (Lipinski definition) is 2. The van der Waals surface area contributed by atoms with E-state index in [-0.39, 0.29) is 0 Å². The van der Waals surface area contributed by atoms with Crippen LogP contribution in [0.5, 0.6) is 0 Å². The molecule has 0 atom stereocenters. The Bertz CT molecular complexity index is 608. The predicted octanol–water partition coefficient (Wildman–Crippen LogP) is 3.89. The molecule has 2 aromatic rings. The maximum absolute atomic E-state index is 11.5. The Labute approximate surface area is 114 Å². The Hall–Kier alpha value is -1.42. The first-order valence-electron chi connectivity index (χ1n) is 5.79. The molecule has 0 unspecified atom stereocenters. The number of benzene rings is 1. The number of aromatic nitrogens is 1. The average molecular weight is 308 g/mol. The first-order valence-corrected chi connectivity index (χ1v) is 6.58. The van der Waals surface area contributed by atoms with Gasteiger partial charge in [0.05, 0.1) is 11.1 Å². The second-order valence-corrected chi connectivity index (χ2v) is 5.64. The highest BCUT2D eigenvalue weighted by atomic mass is 79.9. The Morgan fingerprint density at radius 2 is 2.17 bits per heavy atom. The number of rotatable bonds is 3. The van der Waals surface area contributed by atoms with Crippen molar-refractivity contribution in [3.05, 3.63) is 40.0 Å². The van der Waals surface area contributed by atoms with Crippen molar-refractivity contribution >= 4 is 32.8 Å². The molecule has 2 rings (SSSR count). The number of pyridine rings is 1. The van der Waals surface area contributed by atoms with E-state index < -0.39 is 5.97 Å². The molecular weight excluding hydrogens is 294 g/mol.